The van der Waals surface area contributed by atoms with Gasteiger partial charge in [-0.1, -0.05) is 0 Å². The van der Waals surface area contributed by atoms with Gasteiger partial charge in [-0.15, -0.1) is 11.6 Å². The van der Waals surface area contributed by atoms with Crippen LogP contribution in [0.4, 0.5) is 0 Å². The van der Waals surface area contributed by atoms with Crippen LogP contribution in [0.15, 0.2) is 6.20 Å². The van der Waals surface area contributed by atoms with Crippen molar-refractivity contribution in [2.75, 3.05) is 7.11 Å². The molecule has 4 heteroatoms. The summed E-state index contributed by atoms with van der Waals surface area (Å²) >= 11 is 5.96. The number of hydrogen-bond acceptors (Lipinski definition) is 3. The second-order valence-corrected chi connectivity index (χ2v) is 3.92. The lowest BCUT2D eigenvalue weighted by molar-refractivity contribution is 0.112. The average molecular weight is 215 g/mol. The van der Waals surface area contributed by atoms with Crippen LogP contribution in [0.5, 0.6) is 0 Å². The second kappa shape index (κ2) is 4.71. The molecule has 0 fully saturated rings. The molecule has 3 nitrogen and oxygen atoms in total. The van der Waals surface area contributed by atoms with Crippen molar-refractivity contribution < 1.29 is 4.74 Å². The van der Waals surface area contributed by atoms with E-state index in [9.17, 15) is 0 Å². The standard InChI is InChI=1S/C10H15ClN2O/c1-6(11)9-5-12-10(8(3)14-4)13-7(9)2/h5-6,8H,1-4H3. The van der Waals surface area contributed by atoms with Gasteiger partial charge < -0.3 is 4.74 Å². The van der Waals surface area contributed by atoms with Gasteiger partial charge in [0.05, 0.1) is 5.38 Å². The third-order valence-corrected chi connectivity index (χ3v) is 2.42. The summed E-state index contributed by atoms with van der Waals surface area (Å²) in [6.07, 6.45) is 1.69. The highest BCUT2D eigenvalue weighted by Gasteiger charge is 2.11. The summed E-state index contributed by atoms with van der Waals surface area (Å²) in [6.45, 7) is 5.76. The van der Waals surface area contributed by atoms with Crippen molar-refractivity contribution in [2.24, 2.45) is 0 Å². The largest absolute Gasteiger partial charge is 0.374 e. The van der Waals surface area contributed by atoms with Gasteiger partial charge in [0.2, 0.25) is 0 Å². The number of halogens is 1. The van der Waals surface area contributed by atoms with Crippen molar-refractivity contribution in [3.8, 4) is 0 Å². The van der Waals surface area contributed by atoms with Gasteiger partial charge in [-0.25, -0.2) is 9.97 Å². The highest BCUT2D eigenvalue weighted by Crippen LogP contribution is 2.22. The lowest BCUT2D eigenvalue weighted by Gasteiger charge is -2.11. The van der Waals surface area contributed by atoms with Crippen molar-refractivity contribution in [1.82, 2.24) is 9.97 Å². The lowest BCUT2D eigenvalue weighted by atomic mass is 10.2. The number of aromatic nitrogens is 2. The van der Waals surface area contributed by atoms with Gasteiger partial charge in [-0.3, -0.25) is 0 Å². The molecule has 78 valence electrons. The fourth-order valence-corrected chi connectivity index (χ4v) is 1.40. The number of rotatable bonds is 3. The maximum absolute atomic E-state index is 5.96. The molecule has 14 heavy (non-hydrogen) atoms. The van der Waals surface area contributed by atoms with E-state index < -0.39 is 0 Å². The molecule has 0 spiro atoms. The molecule has 1 rings (SSSR count). The van der Waals surface area contributed by atoms with Crippen LogP contribution in [-0.2, 0) is 4.74 Å². The molecule has 1 aromatic heterocycles. The number of alkyl halides is 1. The smallest absolute Gasteiger partial charge is 0.157 e. The highest BCUT2D eigenvalue weighted by atomic mass is 35.5. The zero-order chi connectivity index (χ0) is 10.7. The van der Waals surface area contributed by atoms with Crippen LogP contribution in [0.2, 0.25) is 0 Å². The SMILES string of the molecule is COC(C)c1ncc(C(C)Cl)c(C)n1. The fraction of sp³-hybridized carbons (Fsp3) is 0.600. The Bertz CT molecular complexity index is 315. The van der Waals surface area contributed by atoms with Gasteiger partial charge in [0.25, 0.3) is 0 Å². The number of methoxy groups -OCH3 is 1. The van der Waals surface area contributed by atoms with E-state index >= 15 is 0 Å². The van der Waals surface area contributed by atoms with Gasteiger partial charge in [0.15, 0.2) is 5.82 Å². The first kappa shape index (κ1) is 11.4. The molecule has 2 unspecified atom stereocenters. The van der Waals surface area contributed by atoms with Gasteiger partial charge >= 0.3 is 0 Å². The molecule has 0 saturated carbocycles. The molecule has 1 heterocycles. The fourth-order valence-electron chi connectivity index (χ4n) is 1.19. The van der Waals surface area contributed by atoms with Crippen molar-refractivity contribution in [2.45, 2.75) is 32.3 Å². The molecular formula is C10H15ClN2O. The summed E-state index contributed by atoms with van der Waals surface area (Å²) in [5.74, 6) is 0.700. The summed E-state index contributed by atoms with van der Waals surface area (Å²) in [5, 5.41) is -0.0538. The normalized spacial score (nSPS) is 15.2. The Morgan fingerprint density at radius 3 is 2.50 bits per heavy atom. The number of aryl methyl sites for hydroxylation is 1. The first-order valence-electron chi connectivity index (χ1n) is 4.56. The van der Waals surface area contributed by atoms with Crippen molar-refractivity contribution in [1.29, 1.82) is 0 Å². The molecule has 2 atom stereocenters. The van der Waals surface area contributed by atoms with Crippen LogP contribution >= 0.6 is 11.6 Å². The molecule has 0 aliphatic heterocycles. The number of hydrogen-bond donors (Lipinski definition) is 0. The summed E-state index contributed by atoms with van der Waals surface area (Å²) in [4.78, 5) is 8.56. The van der Waals surface area contributed by atoms with E-state index in [2.05, 4.69) is 9.97 Å². The van der Waals surface area contributed by atoms with Gasteiger partial charge in [0, 0.05) is 24.6 Å². The maximum atomic E-state index is 5.96. The van der Waals surface area contributed by atoms with Crippen molar-refractivity contribution in [3.05, 3.63) is 23.3 Å². The monoisotopic (exact) mass is 214 g/mol. The quantitative estimate of drug-likeness (QED) is 0.726. The highest BCUT2D eigenvalue weighted by molar-refractivity contribution is 6.20. The molecule has 1 aromatic rings. The third-order valence-electron chi connectivity index (χ3n) is 2.18. The Morgan fingerprint density at radius 2 is 2.07 bits per heavy atom. The molecule has 0 bridgehead atoms. The van der Waals surface area contributed by atoms with Gasteiger partial charge in [-0.05, 0) is 20.8 Å². The van der Waals surface area contributed by atoms with E-state index in [1.54, 1.807) is 13.3 Å². The van der Waals surface area contributed by atoms with Gasteiger partial charge in [0.1, 0.15) is 6.10 Å². The Morgan fingerprint density at radius 1 is 1.43 bits per heavy atom. The van der Waals surface area contributed by atoms with Crippen LogP contribution in [-0.4, -0.2) is 17.1 Å². The van der Waals surface area contributed by atoms with Crippen LogP contribution < -0.4 is 0 Å². The zero-order valence-electron chi connectivity index (χ0n) is 8.91. The molecule has 0 aliphatic carbocycles. The Labute approximate surface area is 89.5 Å². The predicted octanol–water partition coefficient (Wildman–Crippen LogP) is 2.79. The average Bonchev–Trinajstić information content (AvgIpc) is 2.15. The molecule has 0 N–H and O–H groups in total. The molecular weight excluding hydrogens is 200 g/mol. The van der Waals surface area contributed by atoms with Crippen LogP contribution in [0.25, 0.3) is 0 Å². The van der Waals surface area contributed by atoms with E-state index in [1.807, 2.05) is 20.8 Å². The summed E-state index contributed by atoms with van der Waals surface area (Å²) < 4.78 is 5.13. The topological polar surface area (TPSA) is 35.0 Å². The zero-order valence-corrected chi connectivity index (χ0v) is 9.67. The van der Waals surface area contributed by atoms with Crippen molar-refractivity contribution in [3.63, 3.8) is 0 Å². The summed E-state index contributed by atoms with van der Waals surface area (Å²) in [7, 11) is 1.64. The number of nitrogens with zero attached hydrogens (tertiary/aromatic N) is 2. The van der Waals surface area contributed by atoms with Crippen LogP contribution in [0.1, 0.15) is 42.4 Å². The summed E-state index contributed by atoms with van der Waals surface area (Å²) in [6, 6.07) is 0. The van der Waals surface area contributed by atoms with Crippen LogP contribution in [0.3, 0.4) is 0 Å². The number of ether oxygens (including phenoxy) is 1. The van der Waals surface area contributed by atoms with E-state index in [0.717, 1.165) is 11.3 Å². The first-order chi connectivity index (χ1) is 6.56. The summed E-state index contributed by atoms with van der Waals surface area (Å²) in [5.41, 5.74) is 1.89. The Balaban J connectivity index is 3.00. The molecule has 0 radical (unpaired) electrons. The van der Waals surface area contributed by atoms with Crippen molar-refractivity contribution >= 4 is 11.6 Å². The Hall–Kier alpha value is -0.670. The molecule has 0 saturated heterocycles. The van der Waals surface area contributed by atoms with E-state index in [4.69, 9.17) is 16.3 Å². The van der Waals surface area contributed by atoms with E-state index in [0.29, 0.717) is 5.82 Å². The third kappa shape index (κ3) is 2.42. The lowest BCUT2D eigenvalue weighted by Crippen LogP contribution is -2.06. The molecule has 0 amide bonds. The van der Waals surface area contributed by atoms with E-state index in [1.165, 1.54) is 0 Å². The Kier molecular flexibility index (Phi) is 3.84. The predicted molar refractivity (Wildman–Crippen MR) is 56.5 cm³/mol. The second-order valence-electron chi connectivity index (χ2n) is 3.26. The van der Waals surface area contributed by atoms with Crippen LogP contribution in [0, 0.1) is 6.92 Å². The minimum Gasteiger partial charge on any atom is -0.374 e. The minimum absolute atomic E-state index is 0.0538. The molecule has 0 aliphatic rings. The minimum atomic E-state index is -0.0756. The maximum Gasteiger partial charge on any atom is 0.157 e. The molecule has 0 aromatic carbocycles. The first-order valence-corrected chi connectivity index (χ1v) is 5.00. The van der Waals surface area contributed by atoms with Gasteiger partial charge in [-0.2, -0.15) is 0 Å². The van der Waals surface area contributed by atoms with E-state index in [-0.39, 0.29) is 11.5 Å².